The van der Waals surface area contributed by atoms with E-state index in [0.29, 0.717) is 37.4 Å². The number of hydrogen-bond acceptors (Lipinski definition) is 5. The lowest BCUT2D eigenvalue weighted by Crippen LogP contribution is -2.48. The van der Waals surface area contributed by atoms with Crippen LogP contribution in [0.2, 0.25) is 0 Å². The van der Waals surface area contributed by atoms with Crippen LogP contribution in [0, 0.1) is 0 Å². The lowest BCUT2D eigenvalue weighted by atomic mass is 10.1. The van der Waals surface area contributed by atoms with E-state index in [1.807, 2.05) is 43.0 Å². The minimum absolute atomic E-state index is 0.0598. The van der Waals surface area contributed by atoms with E-state index < -0.39 is 0 Å². The Labute approximate surface area is 171 Å². The number of anilines is 1. The Morgan fingerprint density at radius 3 is 2.28 bits per heavy atom. The third kappa shape index (κ3) is 4.67. The van der Waals surface area contributed by atoms with Crippen LogP contribution in [0.5, 0.6) is 5.75 Å². The number of piperazine rings is 1. The molecule has 0 saturated carbocycles. The molecule has 1 aliphatic heterocycles. The molecule has 154 valence electrons. The van der Waals surface area contributed by atoms with Crippen LogP contribution in [0.4, 0.5) is 5.69 Å². The summed E-state index contributed by atoms with van der Waals surface area (Å²) in [5.41, 5.74) is 1.94. The number of amides is 2. The maximum atomic E-state index is 12.9. The maximum Gasteiger partial charge on any atom is 0.272 e. The molecule has 0 atom stereocenters. The van der Waals surface area contributed by atoms with E-state index in [2.05, 4.69) is 9.88 Å². The van der Waals surface area contributed by atoms with Crippen molar-refractivity contribution in [1.82, 2.24) is 14.8 Å². The number of aromatic nitrogens is 1. The van der Waals surface area contributed by atoms with Crippen LogP contribution in [-0.2, 0) is 0 Å². The summed E-state index contributed by atoms with van der Waals surface area (Å²) in [5, 5.41) is 0. The molecule has 1 fully saturated rings. The van der Waals surface area contributed by atoms with Crippen LogP contribution in [0.1, 0.15) is 34.7 Å². The molecule has 0 bridgehead atoms. The Bertz CT molecular complexity index is 841. The van der Waals surface area contributed by atoms with E-state index in [1.165, 1.54) is 6.20 Å². The van der Waals surface area contributed by atoms with E-state index in [9.17, 15) is 9.59 Å². The first-order chi connectivity index (χ1) is 14.1. The van der Waals surface area contributed by atoms with Gasteiger partial charge in [0.15, 0.2) is 0 Å². The van der Waals surface area contributed by atoms with Gasteiger partial charge in [0, 0.05) is 56.7 Å². The van der Waals surface area contributed by atoms with Crippen molar-refractivity contribution in [2.45, 2.75) is 13.8 Å². The number of carbonyl (C=O) groups is 2. The molecule has 7 nitrogen and oxygen atoms in total. The van der Waals surface area contributed by atoms with Crippen molar-refractivity contribution in [3.8, 4) is 5.75 Å². The average molecular weight is 396 g/mol. The number of carbonyl (C=O) groups excluding carboxylic acids is 2. The van der Waals surface area contributed by atoms with Gasteiger partial charge in [-0.15, -0.1) is 0 Å². The zero-order valence-electron chi connectivity index (χ0n) is 17.3. The molecule has 1 aromatic carbocycles. The number of hydrogen-bond donors (Lipinski definition) is 0. The second kappa shape index (κ2) is 9.41. The molecule has 1 aliphatic rings. The zero-order valence-corrected chi connectivity index (χ0v) is 17.3. The van der Waals surface area contributed by atoms with E-state index in [4.69, 9.17) is 4.74 Å². The predicted octanol–water partition coefficient (Wildman–Crippen LogP) is 2.53. The molecule has 1 saturated heterocycles. The number of pyridine rings is 1. The lowest BCUT2D eigenvalue weighted by molar-refractivity contribution is 0.0746. The molecule has 2 heterocycles. The molecular weight excluding hydrogens is 368 g/mol. The van der Waals surface area contributed by atoms with Gasteiger partial charge in [0.25, 0.3) is 11.8 Å². The second-order valence-corrected chi connectivity index (χ2v) is 6.88. The van der Waals surface area contributed by atoms with Gasteiger partial charge < -0.3 is 19.4 Å². The molecular formula is C22H28N4O3. The summed E-state index contributed by atoms with van der Waals surface area (Å²) in [6, 6.07) is 11.2. The van der Waals surface area contributed by atoms with Crippen molar-refractivity contribution in [3.63, 3.8) is 0 Å². The fourth-order valence-corrected chi connectivity index (χ4v) is 3.50. The highest BCUT2D eigenvalue weighted by molar-refractivity contribution is 5.98. The Morgan fingerprint density at radius 2 is 1.69 bits per heavy atom. The first-order valence-electron chi connectivity index (χ1n) is 10.0. The molecule has 0 aliphatic carbocycles. The Hall–Kier alpha value is -3.09. The normalized spacial score (nSPS) is 13.9. The molecule has 0 unspecified atom stereocenters. The lowest BCUT2D eigenvalue weighted by Gasteiger charge is -2.36. The molecule has 7 heteroatoms. The highest BCUT2D eigenvalue weighted by Gasteiger charge is 2.24. The minimum Gasteiger partial charge on any atom is -0.497 e. The summed E-state index contributed by atoms with van der Waals surface area (Å²) in [4.78, 5) is 35.4. The zero-order chi connectivity index (χ0) is 20.8. The molecule has 0 spiro atoms. The SMILES string of the molecule is CCN(CC)C(=O)c1cc(C(=O)N2CCN(c3ccc(OC)cc3)CC2)ccn1. The Balaban J connectivity index is 1.64. The fourth-order valence-electron chi connectivity index (χ4n) is 3.50. The standard InChI is InChI=1S/C22H28N4O3/c1-4-24(5-2)22(28)20-16-17(10-11-23-20)21(27)26-14-12-25(13-15-26)18-6-8-19(29-3)9-7-18/h6-11,16H,4-5,12-15H2,1-3H3. The maximum absolute atomic E-state index is 12.9. The summed E-state index contributed by atoms with van der Waals surface area (Å²) < 4.78 is 5.21. The Morgan fingerprint density at radius 1 is 1.03 bits per heavy atom. The van der Waals surface area contributed by atoms with Gasteiger partial charge in [0.05, 0.1) is 7.11 Å². The summed E-state index contributed by atoms with van der Waals surface area (Å²) in [5.74, 6) is 0.625. The highest BCUT2D eigenvalue weighted by atomic mass is 16.5. The fraction of sp³-hybridized carbons (Fsp3) is 0.409. The monoisotopic (exact) mass is 396 g/mol. The van der Waals surface area contributed by atoms with Crippen LogP contribution < -0.4 is 9.64 Å². The molecule has 29 heavy (non-hydrogen) atoms. The van der Waals surface area contributed by atoms with E-state index >= 15 is 0 Å². The first kappa shape index (κ1) is 20.6. The van der Waals surface area contributed by atoms with Gasteiger partial charge in [-0.25, -0.2) is 0 Å². The van der Waals surface area contributed by atoms with Crippen molar-refractivity contribution in [1.29, 1.82) is 0 Å². The second-order valence-electron chi connectivity index (χ2n) is 6.88. The third-order valence-corrected chi connectivity index (χ3v) is 5.28. The number of methoxy groups -OCH3 is 1. The number of rotatable bonds is 6. The van der Waals surface area contributed by atoms with Gasteiger partial charge in [-0.05, 0) is 50.2 Å². The van der Waals surface area contributed by atoms with Crippen molar-refractivity contribution in [3.05, 3.63) is 53.9 Å². The summed E-state index contributed by atoms with van der Waals surface area (Å²) >= 11 is 0. The van der Waals surface area contributed by atoms with Crippen molar-refractivity contribution < 1.29 is 14.3 Å². The highest BCUT2D eigenvalue weighted by Crippen LogP contribution is 2.21. The quantitative estimate of drug-likeness (QED) is 0.751. The van der Waals surface area contributed by atoms with Crippen LogP contribution >= 0.6 is 0 Å². The van der Waals surface area contributed by atoms with E-state index in [0.717, 1.165) is 24.5 Å². The first-order valence-corrected chi connectivity index (χ1v) is 10.0. The van der Waals surface area contributed by atoms with Gasteiger partial charge in [0.2, 0.25) is 0 Å². The van der Waals surface area contributed by atoms with Crippen LogP contribution in [0.15, 0.2) is 42.6 Å². The molecule has 0 radical (unpaired) electrons. The van der Waals surface area contributed by atoms with Crippen molar-refractivity contribution >= 4 is 17.5 Å². The van der Waals surface area contributed by atoms with Crippen LogP contribution in [-0.4, -0.2) is 73.0 Å². The summed E-state index contributed by atoms with van der Waals surface area (Å²) in [6.07, 6.45) is 1.54. The van der Waals surface area contributed by atoms with Gasteiger partial charge in [-0.3, -0.25) is 14.6 Å². The van der Waals surface area contributed by atoms with Crippen LogP contribution in [0.3, 0.4) is 0 Å². The third-order valence-electron chi connectivity index (χ3n) is 5.28. The molecule has 3 rings (SSSR count). The summed E-state index contributed by atoms with van der Waals surface area (Å²) in [6.45, 7) is 7.87. The minimum atomic E-state index is -0.144. The topological polar surface area (TPSA) is 66.0 Å². The largest absolute Gasteiger partial charge is 0.497 e. The predicted molar refractivity (Wildman–Crippen MR) is 113 cm³/mol. The molecule has 1 aromatic heterocycles. The smallest absolute Gasteiger partial charge is 0.272 e. The number of benzene rings is 1. The van der Waals surface area contributed by atoms with Gasteiger partial charge in [0.1, 0.15) is 11.4 Å². The Kier molecular flexibility index (Phi) is 6.69. The van der Waals surface area contributed by atoms with Crippen molar-refractivity contribution in [2.75, 3.05) is 51.3 Å². The van der Waals surface area contributed by atoms with Gasteiger partial charge in [-0.2, -0.15) is 0 Å². The number of nitrogens with zero attached hydrogens (tertiary/aromatic N) is 4. The molecule has 2 aromatic rings. The average Bonchev–Trinajstić information content (AvgIpc) is 2.79. The van der Waals surface area contributed by atoms with Gasteiger partial charge in [-0.1, -0.05) is 0 Å². The van der Waals surface area contributed by atoms with Crippen molar-refractivity contribution in [2.24, 2.45) is 0 Å². The van der Waals surface area contributed by atoms with E-state index in [1.54, 1.807) is 24.1 Å². The van der Waals surface area contributed by atoms with Gasteiger partial charge >= 0.3 is 0 Å². The molecule has 2 amide bonds. The molecule has 0 N–H and O–H groups in total. The van der Waals surface area contributed by atoms with Crippen LogP contribution in [0.25, 0.3) is 0 Å². The summed E-state index contributed by atoms with van der Waals surface area (Å²) in [7, 11) is 1.65. The van der Waals surface area contributed by atoms with E-state index in [-0.39, 0.29) is 11.8 Å². The number of ether oxygens (including phenoxy) is 1.